The number of hydrogen-bond donors (Lipinski definition) is 2. The molecule has 1 aliphatic carbocycles. The lowest BCUT2D eigenvalue weighted by atomic mass is 9.97. The zero-order valence-corrected chi connectivity index (χ0v) is 11.6. The molecule has 0 amide bonds. The van der Waals surface area contributed by atoms with Crippen LogP contribution in [0.15, 0.2) is 36.4 Å². The summed E-state index contributed by atoms with van der Waals surface area (Å²) in [6, 6.07) is 11.3. The van der Waals surface area contributed by atoms with Crippen LogP contribution in [0, 0.1) is 0 Å². The normalized spacial score (nSPS) is 17.2. The average Bonchev–Trinajstić information content (AvgIpc) is 2.85. The van der Waals surface area contributed by atoms with Crippen LogP contribution in [0.4, 0.5) is 5.69 Å². The lowest BCUT2D eigenvalue weighted by Gasteiger charge is -2.27. The molecule has 20 heavy (non-hydrogen) atoms. The highest BCUT2D eigenvalue weighted by atomic mass is 16.4. The Bertz CT molecular complexity index is 657. The van der Waals surface area contributed by atoms with Crippen molar-refractivity contribution in [2.24, 2.45) is 0 Å². The van der Waals surface area contributed by atoms with Gasteiger partial charge in [-0.3, -0.25) is 0 Å². The zero-order chi connectivity index (χ0) is 14.2. The Kier molecular flexibility index (Phi) is 3.13. The monoisotopic (exact) mass is 269 g/mol. The topological polar surface area (TPSA) is 49.3 Å². The van der Waals surface area contributed by atoms with Gasteiger partial charge in [-0.15, -0.1) is 0 Å². The molecule has 3 heteroatoms. The van der Waals surface area contributed by atoms with Gasteiger partial charge in [0.25, 0.3) is 0 Å². The van der Waals surface area contributed by atoms with E-state index in [0.29, 0.717) is 5.56 Å². The van der Waals surface area contributed by atoms with Crippen molar-refractivity contribution in [3.05, 3.63) is 42.0 Å². The largest absolute Gasteiger partial charge is 0.478 e. The highest BCUT2D eigenvalue weighted by Crippen LogP contribution is 2.35. The fourth-order valence-corrected chi connectivity index (χ4v) is 3.20. The van der Waals surface area contributed by atoms with E-state index < -0.39 is 5.97 Å². The molecule has 3 rings (SSSR count). The first-order valence-corrected chi connectivity index (χ1v) is 7.12. The molecule has 1 aliphatic rings. The van der Waals surface area contributed by atoms with Crippen LogP contribution in [0.3, 0.4) is 0 Å². The molecule has 0 bridgehead atoms. The lowest BCUT2D eigenvalue weighted by molar-refractivity contribution is 0.0699. The number of nitrogens with one attached hydrogen (secondary N) is 1. The van der Waals surface area contributed by atoms with Crippen LogP contribution >= 0.6 is 0 Å². The summed E-state index contributed by atoms with van der Waals surface area (Å²) in [6.07, 6.45) is 4.85. The SMILES string of the molecule is CC1(Nc2ccc(C(=O)O)c3ccccc23)CCCC1. The van der Waals surface area contributed by atoms with Crippen molar-refractivity contribution in [1.29, 1.82) is 0 Å². The molecule has 3 nitrogen and oxygen atoms in total. The predicted molar refractivity (Wildman–Crippen MR) is 81.4 cm³/mol. The van der Waals surface area contributed by atoms with Crippen LogP contribution in [0.5, 0.6) is 0 Å². The van der Waals surface area contributed by atoms with E-state index >= 15 is 0 Å². The summed E-state index contributed by atoms with van der Waals surface area (Å²) < 4.78 is 0. The molecule has 2 aromatic carbocycles. The number of aromatic carboxylic acids is 1. The molecule has 0 aromatic heterocycles. The first kappa shape index (κ1) is 13.0. The molecule has 0 atom stereocenters. The van der Waals surface area contributed by atoms with Crippen LogP contribution < -0.4 is 5.32 Å². The highest BCUT2D eigenvalue weighted by Gasteiger charge is 2.28. The Labute approximate surface area is 118 Å². The Morgan fingerprint density at radius 2 is 1.75 bits per heavy atom. The van der Waals surface area contributed by atoms with Crippen molar-refractivity contribution in [3.63, 3.8) is 0 Å². The van der Waals surface area contributed by atoms with E-state index in [1.54, 1.807) is 6.07 Å². The minimum absolute atomic E-state index is 0.132. The summed E-state index contributed by atoms with van der Waals surface area (Å²) in [5.74, 6) is -0.875. The second kappa shape index (κ2) is 4.82. The molecular weight excluding hydrogens is 250 g/mol. The summed E-state index contributed by atoms with van der Waals surface area (Å²) in [4.78, 5) is 11.3. The van der Waals surface area contributed by atoms with E-state index in [0.717, 1.165) is 16.5 Å². The number of benzene rings is 2. The van der Waals surface area contributed by atoms with E-state index in [1.807, 2.05) is 30.3 Å². The number of hydrogen-bond acceptors (Lipinski definition) is 2. The smallest absolute Gasteiger partial charge is 0.336 e. The van der Waals surface area contributed by atoms with Gasteiger partial charge >= 0.3 is 5.97 Å². The molecule has 2 N–H and O–H groups in total. The average molecular weight is 269 g/mol. The molecule has 0 spiro atoms. The van der Waals surface area contributed by atoms with Crippen LogP contribution in [0.1, 0.15) is 43.0 Å². The Hall–Kier alpha value is -2.03. The summed E-state index contributed by atoms with van der Waals surface area (Å²) >= 11 is 0. The fraction of sp³-hybridized carbons (Fsp3) is 0.353. The van der Waals surface area contributed by atoms with Crippen molar-refractivity contribution < 1.29 is 9.90 Å². The van der Waals surface area contributed by atoms with Crippen LogP contribution in [-0.2, 0) is 0 Å². The number of carboxylic acids is 1. The second-order valence-electron chi connectivity index (χ2n) is 5.90. The van der Waals surface area contributed by atoms with Crippen LogP contribution in [0.25, 0.3) is 10.8 Å². The van der Waals surface area contributed by atoms with Gasteiger partial charge in [0.2, 0.25) is 0 Å². The number of carboxylic acid groups (broad SMARTS) is 1. The summed E-state index contributed by atoms with van der Waals surface area (Å²) in [7, 11) is 0. The maximum absolute atomic E-state index is 11.3. The fourth-order valence-electron chi connectivity index (χ4n) is 3.20. The minimum atomic E-state index is -0.875. The lowest BCUT2D eigenvalue weighted by Crippen LogP contribution is -2.30. The van der Waals surface area contributed by atoms with Gasteiger partial charge in [-0.05, 0) is 37.3 Å². The minimum Gasteiger partial charge on any atom is -0.478 e. The van der Waals surface area contributed by atoms with Crippen molar-refractivity contribution in [2.75, 3.05) is 5.32 Å². The van der Waals surface area contributed by atoms with Crippen molar-refractivity contribution in [1.82, 2.24) is 0 Å². The number of carbonyl (C=O) groups is 1. The third-order valence-corrected chi connectivity index (χ3v) is 4.30. The standard InChI is InChI=1S/C17H19NO2/c1-17(10-4-5-11-17)18-15-9-8-14(16(19)20)12-6-2-3-7-13(12)15/h2-3,6-9,18H,4-5,10-11H2,1H3,(H,19,20). The maximum atomic E-state index is 11.3. The number of fused-ring (bicyclic) bond motifs is 1. The molecule has 0 radical (unpaired) electrons. The van der Waals surface area contributed by atoms with Gasteiger partial charge in [0.15, 0.2) is 0 Å². The third kappa shape index (κ3) is 2.24. The van der Waals surface area contributed by atoms with Gasteiger partial charge in [-0.2, -0.15) is 0 Å². The third-order valence-electron chi connectivity index (χ3n) is 4.30. The quantitative estimate of drug-likeness (QED) is 0.874. The van der Waals surface area contributed by atoms with Crippen LogP contribution in [0.2, 0.25) is 0 Å². The van der Waals surface area contributed by atoms with E-state index in [4.69, 9.17) is 0 Å². The second-order valence-corrected chi connectivity index (χ2v) is 5.90. The molecule has 0 unspecified atom stereocenters. The molecular formula is C17H19NO2. The first-order valence-electron chi connectivity index (χ1n) is 7.12. The molecule has 1 fully saturated rings. The van der Waals surface area contributed by atoms with E-state index in [2.05, 4.69) is 12.2 Å². The first-order chi connectivity index (χ1) is 9.59. The summed E-state index contributed by atoms with van der Waals surface area (Å²) in [5.41, 5.74) is 1.53. The Morgan fingerprint density at radius 1 is 1.10 bits per heavy atom. The number of anilines is 1. The van der Waals surface area contributed by atoms with Crippen molar-refractivity contribution >= 4 is 22.4 Å². The van der Waals surface area contributed by atoms with Crippen LogP contribution in [-0.4, -0.2) is 16.6 Å². The van der Waals surface area contributed by atoms with Gasteiger partial charge in [-0.1, -0.05) is 37.1 Å². The van der Waals surface area contributed by atoms with E-state index in [9.17, 15) is 9.90 Å². The van der Waals surface area contributed by atoms with E-state index in [1.165, 1.54) is 25.7 Å². The molecule has 0 saturated heterocycles. The summed E-state index contributed by atoms with van der Waals surface area (Å²) in [6.45, 7) is 2.25. The Morgan fingerprint density at radius 3 is 2.40 bits per heavy atom. The molecule has 0 heterocycles. The maximum Gasteiger partial charge on any atom is 0.336 e. The van der Waals surface area contributed by atoms with Gasteiger partial charge in [0, 0.05) is 16.6 Å². The van der Waals surface area contributed by atoms with Gasteiger partial charge in [0.05, 0.1) is 5.56 Å². The predicted octanol–water partition coefficient (Wildman–Crippen LogP) is 4.28. The highest BCUT2D eigenvalue weighted by molar-refractivity contribution is 6.07. The van der Waals surface area contributed by atoms with Gasteiger partial charge < -0.3 is 10.4 Å². The molecule has 2 aromatic rings. The zero-order valence-electron chi connectivity index (χ0n) is 11.6. The molecule has 104 valence electrons. The Balaban J connectivity index is 2.08. The molecule has 1 saturated carbocycles. The van der Waals surface area contributed by atoms with Gasteiger partial charge in [0.1, 0.15) is 0 Å². The van der Waals surface area contributed by atoms with Crippen molar-refractivity contribution in [3.8, 4) is 0 Å². The van der Waals surface area contributed by atoms with Crippen molar-refractivity contribution in [2.45, 2.75) is 38.1 Å². The number of rotatable bonds is 3. The van der Waals surface area contributed by atoms with Gasteiger partial charge in [-0.25, -0.2) is 4.79 Å². The van der Waals surface area contributed by atoms with E-state index in [-0.39, 0.29) is 5.54 Å². The summed E-state index contributed by atoms with van der Waals surface area (Å²) in [5, 5.41) is 14.7. The molecule has 0 aliphatic heterocycles.